The van der Waals surface area contributed by atoms with E-state index in [4.69, 9.17) is 4.98 Å². The van der Waals surface area contributed by atoms with Gasteiger partial charge in [-0.3, -0.25) is 4.79 Å². The van der Waals surface area contributed by atoms with Crippen molar-refractivity contribution in [2.45, 2.75) is 39.3 Å². The summed E-state index contributed by atoms with van der Waals surface area (Å²) in [5.74, 6) is 0.952. The van der Waals surface area contributed by atoms with E-state index < -0.39 is 0 Å². The molecule has 1 aromatic heterocycles. The highest BCUT2D eigenvalue weighted by molar-refractivity contribution is 5.77. The summed E-state index contributed by atoms with van der Waals surface area (Å²) in [7, 11) is 0. The highest BCUT2D eigenvalue weighted by atomic mass is 16.1. The van der Waals surface area contributed by atoms with Crippen LogP contribution >= 0.6 is 0 Å². The van der Waals surface area contributed by atoms with Crippen molar-refractivity contribution in [3.8, 4) is 0 Å². The first-order valence-corrected chi connectivity index (χ1v) is 10.5. The molecule has 1 heterocycles. The second-order valence-electron chi connectivity index (χ2n) is 7.67. The van der Waals surface area contributed by atoms with Crippen molar-refractivity contribution in [2.24, 2.45) is 0 Å². The van der Waals surface area contributed by atoms with Crippen molar-refractivity contribution in [3.63, 3.8) is 0 Å². The van der Waals surface area contributed by atoms with Gasteiger partial charge in [-0.2, -0.15) is 0 Å². The monoisotopic (exact) mass is 397 g/mol. The lowest BCUT2D eigenvalue weighted by atomic mass is 10.1. The van der Waals surface area contributed by atoms with Crippen LogP contribution in [0.2, 0.25) is 0 Å². The van der Waals surface area contributed by atoms with Crippen LogP contribution in [0.5, 0.6) is 0 Å². The molecule has 4 heteroatoms. The number of nitrogens with zero attached hydrogens (tertiary/aromatic N) is 2. The zero-order valence-electron chi connectivity index (χ0n) is 17.3. The number of aryl methyl sites for hydroxylation is 4. The molecule has 0 aliphatic carbocycles. The summed E-state index contributed by atoms with van der Waals surface area (Å²) in [6.07, 6.45) is 2.15. The van der Waals surface area contributed by atoms with Crippen molar-refractivity contribution in [1.82, 2.24) is 14.9 Å². The standard InChI is InChI=1S/C26H27N3O/c1-20-11-13-22(14-12-20)15-16-26(30)27-19-25-28-23-9-5-6-10-24(23)29(25)18-17-21-7-3-2-4-8-21/h2-14H,15-19H2,1H3,(H,27,30). The molecule has 0 radical (unpaired) electrons. The Bertz CT molecular complexity index is 1110. The molecule has 152 valence electrons. The molecule has 0 bridgehead atoms. The highest BCUT2D eigenvalue weighted by Crippen LogP contribution is 2.17. The predicted molar refractivity (Wildman–Crippen MR) is 121 cm³/mol. The molecule has 0 aliphatic heterocycles. The number of benzene rings is 3. The molecular formula is C26H27N3O. The molecule has 3 aromatic carbocycles. The number of aromatic nitrogens is 2. The van der Waals surface area contributed by atoms with Gasteiger partial charge in [-0.1, -0.05) is 72.3 Å². The Morgan fingerprint density at radius 3 is 2.37 bits per heavy atom. The van der Waals surface area contributed by atoms with Gasteiger partial charge >= 0.3 is 0 Å². The van der Waals surface area contributed by atoms with Crippen LogP contribution in [-0.2, 0) is 30.7 Å². The zero-order chi connectivity index (χ0) is 20.8. The van der Waals surface area contributed by atoms with E-state index in [0.29, 0.717) is 13.0 Å². The SMILES string of the molecule is Cc1ccc(CCC(=O)NCc2nc3ccccc3n2CCc2ccccc2)cc1. The van der Waals surface area contributed by atoms with E-state index in [-0.39, 0.29) is 5.91 Å². The fourth-order valence-electron chi connectivity index (χ4n) is 3.67. The first kappa shape index (κ1) is 19.9. The lowest BCUT2D eigenvalue weighted by Crippen LogP contribution is -2.25. The first-order valence-electron chi connectivity index (χ1n) is 10.5. The van der Waals surface area contributed by atoms with Gasteiger partial charge in [0.05, 0.1) is 17.6 Å². The number of carbonyl (C=O) groups excluding carboxylic acids is 1. The summed E-state index contributed by atoms with van der Waals surface area (Å²) in [5.41, 5.74) is 5.79. The van der Waals surface area contributed by atoms with Gasteiger partial charge in [0.1, 0.15) is 5.82 Å². The number of fused-ring (bicyclic) bond motifs is 1. The van der Waals surface area contributed by atoms with Crippen LogP contribution in [-0.4, -0.2) is 15.5 Å². The number of rotatable bonds is 8. The molecule has 0 atom stereocenters. The summed E-state index contributed by atoms with van der Waals surface area (Å²) in [5, 5.41) is 3.06. The average molecular weight is 398 g/mol. The molecule has 4 rings (SSSR count). The van der Waals surface area contributed by atoms with Crippen molar-refractivity contribution < 1.29 is 4.79 Å². The summed E-state index contributed by atoms with van der Waals surface area (Å²) in [4.78, 5) is 17.2. The Hall–Kier alpha value is -3.40. The first-order chi connectivity index (χ1) is 14.7. The molecule has 0 spiro atoms. The van der Waals surface area contributed by atoms with Gasteiger partial charge < -0.3 is 9.88 Å². The fraction of sp³-hybridized carbons (Fsp3) is 0.231. The van der Waals surface area contributed by atoms with Crippen LogP contribution in [0.4, 0.5) is 0 Å². The molecule has 1 N–H and O–H groups in total. The zero-order valence-corrected chi connectivity index (χ0v) is 17.3. The third-order valence-electron chi connectivity index (χ3n) is 5.41. The second-order valence-corrected chi connectivity index (χ2v) is 7.67. The summed E-state index contributed by atoms with van der Waals surface area (Å²) in [6.45, 7) is 3.34. The van der Waals surface area contributed by atoms with Gasteiger partial charge in [0, 0.05) is 13.0 Å². The molecule has 0 saturated carbocycles. The average Bonchev–Trinajstić information content (AvgIpc) is 3.14. The van der Waals surface area contributed by atoms with Gasteiger partial charge in [-0.05, 0) is 43.0 Å². The lowest BCUT2D eigenvalue weighted by Gasteiger charge is -2.11. The number of para-hydroxylation sites is 2. The smallest absolute Gasteiger partial charge is 0.220 e. The molecule has 0 fully saturated rings. The van der Waals surface area contributed by atoms with Crippen LogP contribution in [0.1, 0.15) is 28.9 Å². The number of amides is 1. The van der Waals surface area contributed by atoms with E-state index in [9.17, 15) is 4.79 Å². The predicted octanol–water partition coefficient (Wildman–Crippen LogP) is 4.84. The van der Waals surface area contributed by atoms with E-state index in [2.05, 4.69) is 71.4 Å². The van der Waals surface area contributed by atoms with Gasteiger partial charge in [0.2, 0.25) is 5.91 Å². The number of imidazole rings is 1. The van der Waals surface area contributed by atoms with Crippen LogP contribution in [0, 0.1) is 6.92 Å². The van der Waals surface area contributed by atoms with Crippen molar-refractivity contribution in [2.75, 3.05) is 0 Å². The highest BCUT2D eigenvalue weighted by Gasteiger charge is 2.12. The van der Waals surface area contributed by atoms with Crippen LogP contribution in [0.3, 0.4) is 0 Å². The minimum atomic E-state index is 0.0530. The van der Waals surface area contributed by atoms with Crippen LogP contribution in [0.15, 0.2) is 78.9 Å². The second kappa shape index (κ2) is 9.40. The fourth-order valence-corrected chi connectivity index (χ4v) is 3.67. The lowest BCUT2D eigenvalue weighted by molar-refractivity contribution is -0.121. The van der Waals surface area contributed by atoms with Crippen molar-refractivity contribution >= 4 is 16.9 Å². The van der Waals surface area contributed by atoms with Crippen molar-refractivity contribution in [1.29, 1.82) is 0 Å². The minimum absolute atomic E-state index is 0.0530. The van der Waals surface area contributed by atoms with Gasteiger partial charge in [0.25, 0.3) is 0 Å². The number of nitrogens with one attached hydrogen (secondary N) is 1. The molecule has 0 aliphatic rings. The Morgan fingerprint density at radius 1 is 0.867 bits per heavy atom. The molecule has 4 aromatic rings. The number of hydrogen-bond acceptors (Lipinski definition) is 2. The molecule has 0 saturated heterocycles. The van der Waals surface area contributed by atoms with E-state index in [0.717, 1.165) is 36.2 Å². The van der Waals surface area contributed by atoms with Gasteiger partial charge in [-0.15, -0.1) is 0 Å². The molecular weight excluding hydrogens is 370 g/mol. The third kappa shape index (κ3) is 4.95. The number of carbonyl (C=O) groups is 1. The Kier molecular flexibility index (Phi) is 6.23. The molecule has 4 nitrogen and oxygen atoms in total. The third-order valence-corrected chi connectivity index (χ3v) is 5.41. The van der Waals surface area contributed by atoms with Crippen LogP contribution in [0.25, 0.3) is 11.0 Å². The van der Waals surface area contributed by atoms with E-state index in [1.165, 1.54) is 16.7 Å². The maximum Gasteiger partial charge on any atom is 0.220 e. The van der Waals surface area contributed by atoms with E-state index >= 15 is 0 Å². The maximum absolute atomic E-state index is 12.4. The van der Waals surface area contributed by atoms with Crippen molar-refractivity contribution in [3.05, 3.63) is 101 Å². The normalized spacial score (nSPS) is 11.0. The number of hydrogen-bond donors (Lipinski definition) is 1. The quantitative estimate of drug-likeness (QED) is 0.463. The maximum atomic E-state index is 12.4. The Balaban J connectivity index is 1.41. The summed E-state index contributed by atoms with van der Waals surface area (Å²) >= 11 is 0. The van der Waals surface area contributed by atoms with E-state index in [1.54, 1.807) is 0 Å². The largest absolute Gasteiger partial charge is 0.349 e. The Labute approximate surface area is 177 Å². The minimum Gasteiger partial charge on any atom is -0.349 e. The summed E-state index contributed by atoms with van der Waals surface area (Å²) < 4.78 is 2.22. The van der Waals surface area contributed by atoms with Gasteiger partial charge in [0.15, 0.2) is 0 Å². The Morgan fingerprint density at radius 2 is 1.57 bits per heavy atom. The molecule has 0 unspecified atom stereocenters. The molecule has 30 heavy (non-hydrogen) atoms. The van der Waals surface area contributed by atoms with Gasteiger partial charge in [-0.25, -0.2) is 4.98 Å². The molecule has 1 amide bonds. The van der Waals surface area contributed by atoms with Crippen LogP contribution < -0.4 is 5.32 Å². The topological polar surface area (TPSA) is 46.9 Å². The summed E-state index contributed by atoms with van der Waals surface area (Å²) in [6, 6.07) is 27.0. The van der Waals surface area contributed by atoms with E-state index in [1.807, 2.05) is 24.3 Å².